The van der Waals surface area contributed by atoms with E-state index in [1.165, 1.54) is 7.11 Å². The van der Waals surface area contributed by atoms with Crippen molar-refractivity contribution < 1.29 is 66.6 Å². The second-order valence-electron chi connectivity index (χ2n) is 17.0. The molecule has 0 unspecified atom stereocenters. The molecule has 2 aliphatic heterocycles. The SMILES string of the molecule is CO[C@H]1O[C@H](COC(=O)c2ccccc2)[C@@H](S[C@H]2[C@H](Cl)[C@@H]3CO[C@@H](c4ccccc4)O[C@H]3[C@H](OC(=O)c3ccccc3)[C@H]2OC(=O)c2ccccc2)[C@H](OC(=O)c2ccccc2)[C@H]1OC(=O)c1ccccc1. The van der Waals surface area contributed by atoms with Crippen LogP contribution < -0.4 is 0 Å². The zero-order valence-corrected chi connectivity index (χ0v) is 40.2. The summed E-state index contributed by atoms with van der Waals surface area (Å²) in [5.74, 6) is -4.50. The molecule has 1 saturated carbocycles. The summed E-state index contributed by atoms with van der Waals surface area (Å²) < 4.78 is 57.1. The molecule has 72 heavy (non-hydrogen) atoms. The molecule has 9 rings (SSSR count). The number of hydrogen-bond acceptors (Lipinski definition) is 15. The van der Waals surface area contributed by atoms with Crippen molar-refractivity contribution in [3.63, 3.8) is 0 Å². The van der Waals surface area contributed by atoms with E-state index >= 15 is 0 Å². The van der Waals surface area contributed by atoms with Crippen molar-refractivity contribution in [2.75, 3.05) is 20.3 Å². The van der Waals surface area contributed by atoms with Gasteiger partial charge in [-0.25, -0.2) is 24.0 Å². The van der Waals surface area contributed by atoms with Gasteiger partial charge in [-0.2, -0.15) is 0 Å². The second-order valence-corrected chi connectivity index (χ2v) is 18.9. The van der Waals surface area contributed by atoms with E-state index in [1.54, 1.807) is 152 Å². The molecule has 1 aliphatic carbocycles. The number of esters is 5. The molecule has 14 nitrogen and oxygen atoms in total. The summed E-state index contributed by atoms with van der Waals surface area (Å²) in [6, 6.07) is 50.5. The first-order valence-corrected chi connectivity index (χ1v) is 24.6. The largest absolute Gasteiger partial charge is 0.459 e. The van der Waals surface area contributed by atoms with E-state index in [0.717, 1.165) is 11.8 Å². The first-order chi connectivity index (χ1) is 35.2. The monoisotopic (exact) mass is 1010 g/mol. The number of ether oxygens (including phenoxy) is 9. The minimum Gasteiger partial charge on any atom is -0.459 e. The maximum atomic E-state index is 14.4. The molecular formula is C56H49ClO14S. The third kappa shape index (κ3) is 11.6. The van der Waals surface area contributed by atoms with Crippen molar-refractivity contribution >= 4 is 53.2 Å². The summed E-state index contributed by atoms with van der Waals surface area (Å²) in [6.07, 6.45) is -10.2. The van der Waals surface area contributed by atoms with Crippen LogP contribution in [-0.4, -0.2) is 109 Å². The Balaban J connectivity index is 1.16. The number of alkyl halides is 1. The van der Waals surface area contributed by atoms with E-state index in [1.807, 2.05) is 30.3 Å². The van der Waals surface area contributed by atoms with Crippen molar-refractivity contribution in [2.45, 2.75) is 65.1 Å². The van der Waals surface area contributed by atoms with E-state index in [9.17, 15) is 24.0 Å². The lowest BCUT2D eigenvalue weighted by atomic mass is 9.81. The van der Waals surface area contributed by atoms with Crippen LogP contribution in [0.2, 0.25) is 0 Å². The molecule has 0 N–H and O–H groups in total. The average Bonchev–Trinajstić information content (AvgIpc) is 3.44. The van der Waals surface area contributed by atoms with Crippen molar-refractivity contribution in [3.05, 3.63) is 215 Å². The average molecular weight is 1010 g/mol. The molecule has 3 aliphatic rings. The predicted octanol–water partition coefficient (Wildman–Crippen LogP) is 8.94. The number of thioether (sulfide) groups is 1. The number of halogens is 1. The maximum absolute atomic E-state index is 14.4. The van der Waals surface area contributed by atoms with E-state index in [-0.39, 0.29) is 34.4 Å². The number of hydrogen-bond donors (Lipinski definition) is 0. The summed E-state index contributed by atoms with van der Waals surface area (Å²) in [6.45, 7) is -0.440. The van der Waals surface area contributed by atoms with Gasteiger partial charge in [0.1, 0.15) is 18.8 Å². The van der Waals surface area contributed by atoms with Gasteiger partial charge in [-0.15, -0.1) is 23.4 Å². The molecule has 6 aromatic rings. The van der Waals surface area contributed by atoms with Crippen LogP contribution in [0, 0.1) is 5.92 Å². The molecule has 2 heterocycles. The maximum Gasteiger partial charge on any atom is 0.338 e. The van der Waals surface area contributed by atoms with Gasteiger partial charge in [0.25, 0.3) is 0 Å². The van der Waals surface area contributed by atoms with E-state index in [0.29, 0.717) is 5.56 Å². The molecule has 370 valence electrons. The molecule has 0 spiro atoms. The lowest BCUT2D eigenvalue weighted by Crippen LogP contribution is -2.66. The Morgan fingerprint density at radius 3 is 1.33 bits per heavy atom. The summed E-state index contributed by atoms with van der Waals surface area (Å²) in [5, 5.41) is -3.27. The zero-order valence-electron chi connectivity index (χ0n) is 38.7. The van der Waals surface area contributed by atoms with Gasteiger partial charge in [-0.3, -0.25) is 0 Å². The number of methoxy groups -OCH3 is 1. The zero-order chi connectivity index (χ0) is 50.0. The topological polar surface area (TPSA) is 168 Å². The lowest BCUT2D eigenvalue weighted by Gasteiger charge is -2.52. The van der Waals surface area contributed by atoms with Crippen LogP contribution in [0.15, 0.2) is 182 Å². The Labute approximate surface area is 424 Å². The fourth-order valence-electron chi connectivity index (χ4n) is 8.86. The van der Waals surface area contributed by atoms with Crippen LogP contribution >= 0.6 is 23.4 Å². The Bertz CT molecular complexity index is 2760. The highest BCUT2D eigenvalue weighted by Crippen LogP contribution is 2.49. The van der Waals surface area contributed by atoms with Crippen molar-refractivity contribution in [2.24, 2.45) is 5.92 Å². The van der Waals surface area contributed by atoms with Gasteiger partial charge in [-0.05, 0) is 60.7 Å². The van der Waals surface area contributed by atoms with E-state index in [2.05, 4.69) is 0 Å². The highest BCUT2D eigenvalue weighted by molar-refractivity contribution is 8.00. The Hall–Kier alpha value is -6.85. The van der Waals surface area contributed by atoms with E-state index in [4.69, 9.17) is 54.2 Å². The number of fused-ring (bicyclic) bond motifs is 1. The fourth-order valence-corrected chi connectivity index (χ4v) is 11.2. The number of rotatable bonds is 15. The van der Waals surface area contributed by atoms with Crippen molar-refractivity contribution in [1.29, 1.82) is 0 Å². The summed E-state index contributed by atoms with van der Waals surface area (Å²) in [5.41, 5.74) is 1.70. The Kier molecular flexibility index (Phi) is 16.4. The van der Waals surface area contributed by atoms with Crippen LogP contribution in [0.1, 0.15) is 63.6 Å². The summed E-state index contributed by atoms with van der Waals surface area (Å²) >= 11 is 8.78. The third-order valence-corrected chi connectivity index (χ3v) is 15.0. The summed E-state index contributed by atoms with van der Waals surface area (Å²) in [7, 11) is 1.33. The number of benzene rings is 6. The standard InChI is InChI=1S/C56H49ClO14S/c1-63-56-47(70-54(62)38-28-16-6-17-29-38)46(69-53(61)37-26-14-5-15-27-37)48(41(66-56)33-64-50(58)34-20-8-2-9-21-34)72-49-42(57)40-32-65-55(39-30-18-7-19-31-39)71-43(40)44(67-51(59)35-22-10-3-11-23-35)45(49)68-52(60)36-24-12-4-13-25-36/h2-31,40-49,55-56H,32-33H2,1H3/t40-,41+,42+,43+,44-,45+,46+,47+,48+,49-,55+,56-/m0/s1. The first-order valence-electron chi connectivity index (χ1n) is 23.2. The third-order valence-electron chi connectivity index (χ3n) is 12.4. The highest BCUT2D eigenvalue weighted by Gasteiger charge is 2.60. The minimum absolute atomic E-state index is 0.00294. The first kappa shape index (κ1) is 50.1. The molecule has 6 aromatic carbocycles. The number of carbonyl (C=O) groups excluding carboxylic acids is 5. The highest BCUT2D eigenvalue weighted by atomic mass is 35.5. The minimum atomic E-state index is -1.47. The quantitative estimate of drug-likeness (QED) is 0.0543. The van der Waals surface area contributed by atoms with Gasteiger partial charge < -0.3 is 42.6 Å². The molecule has 12 atom stereocenters. The van der Waals surface area contributed by atoms with Crippen LogP contribution in [0.4, 0.5) is 0 Å². The molecular weight excluding hydrogens is 964 g/mol. The normalized spacial score (nSPS) is 26.7. The van der Waals surface area contributed by atoms with Crippen LogP contribution in [0.25, 0.3) is 0 Å². The van der Waals surface area contributed by atoms with Gasteiger partial charge in [-0.1, -0.05) is 121 Å². The molecule has 16 heteroatoms. The van der Waals surface area contributed by atoms with E-state index < -0.39 is 107 Å². The summed E-state index contributed by atoms with van der Waals surface area (Å²) in [4.78, 5) is 70.7. The predicted molar refractivity (Wildman–Crippen MR) is 263 cm³/mol. The molecule has 0 bridgehead atoms. The fraction of sp³-hybridized carbons (Fsp3) is 0.268. The van der Waals surface area contributed by atoms with Crippen LogP contribution in [0.5, 0.6) is 0 Å². The van der Waals surface area contributed by atoms with Gasteiger partial charge in [0.2, 0.25) is 0 Å². The van der Waals surface area contributed by atoms with Gasteiger partial charge in [0.05, 0.1) is 50.3 Å². The van der Waals surface area contributed by atoms with Gasteiger partial charge in [0.15, 0.2) is 37.0 Å². The molecule has 2 saturated heterocycles. The molecule has 0 aromatic heterocycles. The smallest absolute Gasteiger partial charge is 0.338 e. The van der Waals surface area contributed by atoms with Crippen LogP contribution in [-0.2, 0) is 42.6 Å². The van der Waals surface area contributed by atoms with Gasteiger partial charge >= 0.3 is 29.8 Å². The van der Waals surface area contributed by atoms with Crippen LogP contribution in [0.3, 0.4) is 0 Å². The molecule has 3 fully saturated rings. The Morgan fingerprint density at radius 2 is 0.889 bits per heavy atom. The number of carbonyl (C=O) groups is 5. The molecule has 0 radical (unpaired) electrons. The van der Waals surface area contributed by atoms with Crippen molar-refractivity contribution in [1.82, 2.24) is 0 Å². The van der Waals surface area contributed by atoms with Gasteiger partial charge in [0, 0.05) is 18.6 Å². The van der Waals surface area contributed by atoms with Crippen molar-refractivity contribution in [3.8, 4) is 0 Å². The molecule has 0 amide bonds. The lowest BCUT2D eigenvalue weighted by molar-refractivity contribution is -0.278. The second kappa shape index (κ2) is 23.6. The Morgan fingerprint density at radius 1 is 0.500 bits per heavy atom.